The highest BCUT2D eigenvalue weighted by Crippen LogP contribution is 2.47. The van der Waals surface area contributed by atoms with E-state index in [9.17, 15) is 15.0 Å². The molecule has 0 unspecified atom stereocenters. The fourth-order valence-corrected chi connectivity index (χ4v) is 3.16. The van der Waals surface area contributed by atoms with E-state index in [0.29, 0.717) is 16.1 Å². The molecule has 0 fully saturated rings. The number of carboxylic acids is 1. The molecule has 8 heteroatoms. The van der Waals surface area contributed by atoms with Crippen LogP contribution >= 0.6 is 22.9 Å². The number of rotatable bonds is 5. The Bertz CT molecular complexity index is 671. The van der Waals surface area contributed by atoms with Crippen LogP contribution in [0.3, 0.4) is 0 Å². The van der Waals surface area contributed by atoms with Gasteiger partial charge in [0.25, 0.3) is 0 Å². The molecule has 0 aliphatic heterocycles. The normalized spacial score (nSPS) is 10.9. The van der Waals surface area contributed by atoms with E-state index in [1.165, 1.54) is 0 Å². The fourth-order valence-electron chi connectivity index (χ4n) is 1.72. The number of carboxylic acid groups (broad SMARTS) is 1. The van der Waals surface area contributed by atoms with Crippen LogP contribution in [0, 0.1) is 0 Å². The van der Waals surface area contributed by atoms with Crippen molar-refractivity contribution in [3.8, 4) is 16.2 Å². The number of thiophene rings is 1. The summed E-state index contributed by atoms with van der Waals surface area (Å²) in [6.45, 7) is -0.632. The van der Waals surface area contributed by atoms with Crippen molar-refractivity contribution in [3.05, 3.63) is 34.2 Å². The van der Waals surface area contributed by atoms with E-state index in [2.05, 4.69) is 0 Å². The number of ether oxygens (including phenoxy) is 1. The number of carbonyl (C=O) groups is 1. The molecule has 2 rings (SSSR count). The molecule has 6 nitrogen and oxygen atoms in total. The average molecular weight is 330 g/mol. The highest BCUT2D eigenvalue weighted by Gasteiger charge is 2.24. The predicted octanol–water partition coefficient (Wildman–Crippen LogP) is 2.10. The number of hydrogen-bond donors (Lipinski definition) is 4. The Morgan fingerprint density at radius 2 is 2.14 bits per heavy atom. The molecular formula is C13H12ClNO5S. The van der Waals surface area contributed by atoms with Crippen LogP contribution in [0.25, 0.3) is 10.4 Å². The maximum Gasteiger partial charge on any atom is 0.341 e. The van der Waals surface area contributed by atoms with Gasteiger partial charge in [0.05, 0.1) is 4.88 Å². The molecule has 0 aliphatic rings. The number of anilines is 1. The predicted molar refractivity (Wildman–Crippen MR) is 79.5 cm³/mol. The molecule has 5 N–H and O–H groups in total. The first kappa shape index (κ1) is 15.6. The molecule has 2 aromatic rings. The van der Waals surface area contributed by atoms with Gasteiger partial charge in [-0.1, -0.05) is 23.7 Å². The number of halogens is 1. The number of nitrogen functional groups attached to an aromatic ring is 1. The molecule has 0 amide bonds. The van der Waals surface area contributed by atoms with Crippen LogP contribution in [0.1, 0.15) is 11.2 Å². The number of hydrogen-bond acceptors (Lipinski definition) is 6. The molecule has 1 heterocycles. The Morgan fingerprint density at radius 1 is 1.43 bits per heavy atom. The van der Waals surface area contributed by atoms with Crippen LogP contribution in [0.2, 0.25) is 5.02 Å². The van der Waals surface area contributed by atoms with Gasteiger partial charge in [-0.25, -0.2) is 4.79 Å². The summed E-state index contributed by atoms with van der Waals surface area (Å²) in [5, 5.41) is 27.5. The molecular weight excluding hydrogens is 318 g/mol. The monoisotopic (exact) mass is 329 g/mol. The molecule has 0 saturated heterocycles. The summed E-state index contributed by atoms with van der Waals surface area (Å²) in [4.78, 5) is 11.1. The quantitative estimate of drug-likeness (QED) is 0.493. The molecule has 0 bridgehead atoms. The topological polar surface area (TPSA) is 113 Å². The summed E-state index contributed by atoms with van der Waals surface area (Å²) in [5.74, 6) is -1.24. The average Bonchev–Trinajstić information content (AvgIpc) is 2.73. The van der Waals surface area contributed by atoms with Gasteiger partial charge in [0.1, 0.15) is 9.90 Å². The molecule has 1 aromatic carbocycles. The lowest BCUT2D eigenvalue weighted by molar-refractivity contribution is -0.139. The van der Waals surface area contributed by atoms with Crippen LogP contribution in [0.15, 0.2) is 24.3 Å². The first-order chi connectivity index (χ1) is 9.90. The van der Waals surface area contributed by atoms with E-state index in [1.807, 2.05) is 0 Å². The molecule has 0 saturated carbocycles. The van der Waals surface area contributed by atoms with Crippen LogP contribution in [-0.4, -0.2) is 27.9 Å². The van der Waals surface area contributed by atoms with Crippen LogP contribution < -0.4 is 10.5 Å². The smallest absolute Gasteiger partial charge is 0.341 e. The first-order valence-corrected chi connectivity index (χ1v) is 6.98. The molecule has 0 atom stereocenters. The molecule has 112 valence electrons. The minimum Gasteiger partial charge on any atom is -0.479 e. The van der Waals surface area contributed by atoms with Gasteiger partial charge in [-0.3, -0.25) is 0 Å². The SMILES string of the molecule is Nc1cccc(-c2sc(C(O)O)c(OCC(=O)O)c2Cl)c1. The van der Waals surface area contributed by atoms with Gasteiger partial charge < -0.3 is 25.8 Å². The van der Waals surface area contributed by atoms with Gasteiger partial charge in [0.2, 0.25) is 0 Å². The van der Waals surface area contributed by atoms with Gasteiger partial charge in [0.15, 0.2) is 18.6 Å². The van der Waals surface area contributed by atoms with Gasteiger partial charge in [0, 0.05) is 5.69 Å². The van der Waals surface area contributed by atoms with Crippen molar-refractivity contribution in [3.63, 3.8) is 0 Å². The summed E-state index contributed by atoms with van der Waals surface area (Å²) in [7, 11) is 0. The van der Waals surface area contributed by atoms with Gasteiger partial charge in [-0.2, -0.15) is 0 Å². The zero-order valence-electron chi connectivity index (χ0n) is 10.6. The van der Waals surface area contributed by atoms with Crippen molar-refractivity contribution in [1.82, 2.24) is 0 Å². The Kier molecular flexibility index (Phi) is 4.69. The van der Waals surface area contributed by atoms with Crippen LogP contribution in [0.5, 0.6) is 5.75 Å². The number of nitrogens with two attached hydrogens (primary N) is 1. The number of benzene rings is 1. The van der Waals surface area contributed by atoms with E-state index in [1.54, 1.807) is 24.3 Å². The molecule has 0 aliphatic carbocycles. The molecule has 1 aromatic heterocycles. The van der Waals surface area contributed by atoms with Crippen molar-refractivity contribution in [2.45, 2.75) is 6.29 Å². The van der Waals surface area contributed by atoms with E-state index in [4.69, 9.17) is 27.2 Å². The van der Waals surface area contributed by atoms with E-state index in [0.717, 1.165) is 11.3 Å². The van der Waals surface area contributed by atoms with Gasteiger partial charge >= 0.3 is 5.97 Å². The van der Waals surface area contributed by atoms with E-state index in [-0.39, 0.29) is 15.6 Å². The van der Waals surface area contributed by atoms with Crippen LogP contribution in [0.4, 0.5) is 5.69 Å². The third-order valence-corrected chi connectivity index (χ3v) is 4.29. The third-order valence-electron chi connectivity index (χ3n) is 2.56. The zero-order valence-corrected chi connectivity index (χ0v) is 12.2. The largest absolute Gasteiger partial charge is 0.479 e. The zero-order chi connectivity index (χ0) is 15.6. The lowest BCUT2D eigenvalue weighted by Gasteiger charge is -2.06. The molecule has 0 spiro atoms. The minimum atomic E-state index is -1.81. The number of aliphatic hydroxyl groups is 2. The Morgan fingerprint density at radius 3 is 2.71 bits per heavy atom. The minimum absolute atomic E-state index is 0.0404. The Labute approximate surface area is 129 Å². The number of aliphatic carboxylic acids is 1. The second-order valence-corrected chi connectivity index (χ2v) is 5.55. The van der Waals surface area contributed by atoms with Crippen molar-refractivity contribution >= 4 is 34.6 Å². The highest BCUT2D eigenvalue weighted by atomic mass is 35.5. The Balaban J connectivity index is 2.48. The summed E-state index contributed by atoms with van der Waals surface area (Å²) in [6, 6.07) is 6.86. The van der Waals surface area contributed by atoms with Crippen molar-refractivity contribution in [2.75, 3.05) is 12.3 Å². The van der Waals surface area contributed by atoms with Crippen molar-refractivity contribution in [1.29, 1.82) is 0 Å². The van der Waals surface area contributed by atoms with Gasteiger partial charge in [-0.05, 0) is 17.7 Å². The summed E-state index contributed by atoms with van der Waals surface area (Å²) >= 11 is 7.18. The standard InChI is InChI=1S/C13H12ClNO5S/c14-9-10(20-5-8(16)17)12(13(18)19)21-11(9)6-2-1-3-7(15)4-6/h1-4,13,18-19H,5,15H2,(H,16,17). The molecule has 0 radical (unpaired) electrons. The first-order valence-electron chi connectivity index (χ1n) is 5.79. The second-order valence-electron chi connectivity index (χ2n) is 4.12. The van der Waals surface area contributed by atoms with E-state index < -0.39 is 18.9 Å². The van der Waals surface area contributed by atoms with Crippen LogP contribution in [-0.2, 0) is 4.79 Å². The number of aliphatic hydroxyl groups excluding tert-OH is 1. The Hall–Kier alpha value is -1.80. The highest BCUT2D eigenvalue weighted by molar-refractivity contribution is 7.16. The molecule has 21 heavy (non-hydrogen) atoms. The lowest BCUT2D eigenvalue weighted by atomic mass is 10.1. The fraction of sp³-hybridized carbons (Fsp3) is 0.154. The summed E-state index contributed by atoms with van der Waals surface area (Å²) in [6.07, 6.45) is -1.81. The van der Waals surface area contributed by atoms with E-state index >= 15 is 0 Å². The third kappa shape index (κ3) is 3.45. The summed E-state index contributed by atoms with van der Waals surface area (Å²) < 4.78 is 5.05. The van der Waals surface area contributed by atoms with Crippen molar-refractivity contribution < 1.29 is 24.9 Å². The van der Waals surface area contributed by atoms with Gasteiger partial charge in [-0.15, -0.1) is 11.3 Å². The summed E-state index contributed by atoms with van der Waals surface area (Å²) in [5.41, 5.74) is 6.90. The van der Waals surface area contributed by atoms with Crippen molar-refractivity contribution in [2.24, 2.45) is 0 Å². The maximum absolute atomic E-state index is 10.6. The lowest BCUT2D eigenvalue weighted by Crippen LogP contribution is -2.10. The maximum atomic E-state index is 10.6. The second kappa shape index (κ2) is 6.31.